The van der Waals surface area contributed by atoms with Crippen molar-refractivity contribution in [2.24, 2.45) is 5.73 Å². The molecule has 1 aromatic rings. The van der Waals surface area contributed by atoms with Crippen molar-refractivity contribution in [1.82, 2.24) is 5.32 Å². The minimum absolute atomic E-state index is 0.103. The highest BCUT2D eigenvalue weighted by molar-refractivity contribution is 5.86. The van der Waals surface area contributed by atoms with Crippen LogP contribution in [0, 0.1) is 0 Å². The van der Waals surface area contributed by atoms with Gasteiger partial charge >= 0.3 is 12.1 Å². The highest BCUT2D eigenvalue weighted by Gasteiger charge is 2.41. The molecule has 0 spiro atoms. The summed E-state index contributed by atoms with van der Waals surface area (Å²) < 4.78 is 10.0. The first-order chi connectivity index (χ1) is 10.2. The molecule has 0 radical (unpaired) electrons. The summed E-state index contributed by atoms with van der Waals surface area (Å²) in [6.07, 6.45) is -0.490. The van der Waals surface area contributed by atoms with Gasteiger partial charge < -0.3 is 20.5 Å². The third kappa shape index (κ3) is 5.04. The monoisotopic (exact) mass is 308 g/mol. The molecule has 1 atom stereocenters. The van der Waals surface area contributed by atoms with Crippen LogP contribution in [0.15, 0.2) is 30.3 Å². The number of amides is 1. The van der Waals surface area contributed by atoms with E-state index in [2.05, 4.69) is 5.32 Å². The number of esters is 1. The zero-order valence-corrected chi connectivity index (χ0v) is 13.5. The molecule has 0 aliphatic rings. The minimum Gasteiger partial charge on any atom is -0.467 e. The maximum atomic E-state index is 12.2. The lowest BCUT2D eigenvalue weighted by molar-refractivity contribution is -0.148. The van der Waals surface area contributed by atoms with E-state index in [9.17, 15) is 9.59 Å². The summed E-state index contributed by atoms with van der Waals surface area (Å²) in [7, 11) is 1.26. The first-order valence-corrected chi connectivity index (χ1v) is 7.06. The highest BCUT2D eigenvalue weighted by Crippen LogP contribution is 2.16. The fourth-order valence-electron chi connectivity index (χ4n) is 2.01. The van der Waals surface area contributed by atoms with Crippen LogP contribution in [-0.4, -0.2) is 36.9 Å². The standard InChI is InChI=1S/C16H24N2O4/c1-15(2,3)22-14(20)18-16(11-17,13(19)21-4)10-12-8-6-5-7-9-12/h5-9H,10-11,17H2,1-4H3,(H,18,20)/t16-/m1/s1. The predicted octanol–water partition coefficient (Wildman–Crippen LogP) is 1.62. The zero-order valence-electron chi connectivity index (χ0n) is 13.5. The second kappa shape index (κ2) is 7.26. The number of carbonyl (C=O) groups is 2. The number of alkyl carbamates (subject to hydrolysis) is 1. The van der Waals surface area contributed by atoms with Gasteiger partial charge in [-0.25, -0.2) is 9.59 Å². The summed E-state index contributed by atoms with van der Waals surface area (Å²) in [6, 6.07) is 9.27. The Hall–Kier alpha value is -2.08. The van der Waals surface area contributed by atoms with Gasteiger partial charge in [0.25, 0.3) is 0 Å². The van der Waals surface area contributed by atoms with Gasteiger partial charge in [0.2, 0.25) is 0 Å². The number of nitrogens with one attached hydrogen (secondary N) is 1. The van der Waals surface area contributed by atoms with Crippen LogP contribution in [0.2, 0.25) is 0 Å². The molecule has 3 N–H and O–H groups in total. The molecule has 0 heterocycles. The molecule has 0 bridgehead atoms. The van der Waals surface area contributed by atoms with E-state index < -0.39 is 23.2 Å². The SMILES string of the molecule is COC(=O)[C@](CN)(Cc1ccccc1)NC(=O)OC(C)(C)C. The molecular weight excluding hydrogens is 284 g/mol. The molecule has 0 aromatic heterocycles. The zero-order chi connectivity index (χ0) is 16.8. The Morgan fingerprint density at radius 3 is 2.23 bits per heavy atom. The second-order valence-electron chi connectivity index (χ2n) is 6.07. The quantitative estimate of drug-likeness (QED) is 0.807. The van der Waals surface area contributed by atoms with Gasteiger partial charge in [-0.1, -0.05) is 30.3 Å². The van der Waals surface area contributed by atoms with Crippen LogP contribution in [0.25, 0.3) is 0 Å². The van der Waals surface area contributed by atoms with E-state index in [-0.39, 0.29) is 13.0 Å². The predicted molar refractivity (Wildman–Crippen MR) is 83.3 cm³/mol. The molecule has 122 valence electrons. The summed E-state index contributed by atoms with van der Waals surface area (Å²) in [5.74, 6) is -0.607. The minimum atomic E-state index is -1.36. The number of nitrogens with two attached hydrogens (primary N) is 1. The summed E-state index contributed by atoms with van der Waals surface area (Å²) in [4.78, 5) is 24.2. The van der Waals surface area contributed by atoms with Crippen LogP contribution < -0.4 is 11.1 Å². The molecule has 1 amide bonds. The number of rotatable bonds is 5. The van der Waals surface area contributed by atoms with E-state index in [1.807, 2.05) is 30.3 Å². The molecule has 1 rings (SSSR count). The van der Waals surface area contributed by atoms with E-state index in [0.717, 1.165) is 5.56 Å². The maximum Gasteiger partial charge on any atom is 0.408 e. The smallest absolute Gasteiger partial charge is 0.408 e. The van der Waals surface area contributed by atoms with Crippen molar-refractivity contribution < 1.29 is 19.1 Å². The molecule has 0 aliphatic carbocycles. The van der Waals surface area contributed by atoms with Crippen molar-refractivity contribution in [2.75, 3.05) is 13.7 Å². The number of hydrogen-bond acceptors (Lipinski definition) is 5. The molecule has 0 aliphatic heterocycles. The van der Waals surface area contributed by atoms with Gasteiger partial charge in [-0.2, -0.15) is 0 Å². The van der Waals surface area contributed by atoms with E-state index in [4.69, 9.17) is 15.2 Å². The summed E-state index contributed by atoms with van der Waals surface area (Å²) in [5.41, 5.74) is 4.59. The number of hydrogen-bond donors (Lipinski definition) is 2. The van der Waals surface area contributed by atoms with Gasteiger partial charge in [-0.15, -0.1) is 0 Å². The Labute approximate surface area is 131 Å². The van der Waals surface area contributed by atoms with Gasteiger partial charge in [-0.05, 0) is 26.3 Å². The Bertz CT molecular complexity index is 511. The van der Waals surface area contributed by atoms with Crippen LogP contribution in [0.4, 0.5) is 4.79 Å². The molecule has 6 nitrogen and oxygen atoms in total. The van der Waals surface area contributed by atoms with Crippen LogP contribution in [0.1, 0.15) is 26.3 Å². The number of methoxy groups -OCH3 is 1. The summed E-state index contributed by atoms with van der Waals surface area (Å²) in [5, 5.41) is 2.58. The molecule has 0 unspecified atom stereocenters. The normalized spacial score (nSPS) is 13.9. The van der Waals surface area contributed by atoms with Crippen molar-refractivity contribution >= 4 is 12.1 Å². The van der Waals surface area contributed by atoms with Gasteiger partial charge in [-0.3, -0.25) is 0 Å². The Balaban J connectivity index is 3.01. The van der Waals surface area contributed by atoms with E-state index in [1.165, 1.54) is 7.11 Å². The van der Waals surface area contributed by atoms with Gasteiger partial charge in [0, 0.05) is 13.0 Å². The first kappa shape index (κ1) is 18.0. The van der Waals surface area contributed by atoms with Crippen LogP contribution in [-0.2, 0) is 20.7 Å². The largest absolute Gasteiger partial charge is 0.467 e. The molecule has 0 fully saturated rings. The van der Waals surface area contributed by atoms with Crippen molar-refractivity contribution in [3.05, 3.63) is 35.9 Å². The molecule has 22 heavy (non-hydrogen) atoms. The van der Waals surface area contributed by atoms with Crippen LogP contribution in [0.5, 0.6) is 0 Å². The van der Waals surface area contributed by atoms with Crippen molar-refractivity contribution in [3.8, 4) is 0 Å². The maximum absolute atomic E-state index is 12.2. The summed E-state index contributed by atoms with van der Waals surface area (Å²) >= 11 is 0. The lowest BCUT2D eigenvalue weighted by Gasteiger charge is -2.32. The van der Waals surface area contributed by atoms with Crippen LogP contribution in [0.3, 0.4) is 0 Å². The highest BCUT2D eigenvalue weighted by atomic mass is 16.6. The van der Waals surface area contributed by atoms with E-state index >= 15 is 0 Å². The Morgan fingerprint density at radius 1 is 1.18 bits per heavy atom. The Morgan fingerprint density at radius 2 is 1.77 bits per heavy atom. The lowest BCUT2D eigenvalue weighted by atomic mass is 9.91. The molecule has 1 aromatic carbocycles. The van der Waals surface area contributed by atoms with Gasteiger partial charge in [0.1, 0.15) is 5.60 Å². The molecule has 0 saturated heterocycles. The fourth-order valence-corrected chi connectivity index (χ4v) is 2.01. The topological polar surface area (TPSA) is 90.6 Å². The second-order valence-corrected chi connectivity index (χ2v) is 6.07. The average molecular weight is 308 g/mol. The molecule has 0 saturated carbocycles. The van der Waals surface area contributed by atoms with E-state index in [0.29, 0.717) is 0 Å². The molecule has 6 heteroatoms. The number of benzene rings is 1. The third-order valence-corrected chi connectivity index (χ3v) is 3.01. The first-order valence-electron chi connectivity index (χ1n) is 7.06. The lowest BCUT2D eigenvalue weighted by Crippen LogP contribution is -2.61. The average Bonchev–Trinajstić information content (AvgIpc) is 2.44. The Kier molecular flexibility index (Phi) is 5.93. The van der Waals surface area contributed by atoms with Crippen LogP contribution >= 0.6 is 0 Å². The van der Waals surface area contributed by atoms with E-state index in [1.54, 1.807) is 20.8 Å². The number of carbonyl (C=O) groups excluding carboxylic acids is 2. The molecular formula is C16H24N2O4. The van der Waals surface area contributed by atoms with Crippen molar-refractivity contribution in [3.63, 3.8) is 0 Å². The van der Waals surface area contributed by atoms with Gasteiger partial charge in [0.05, 0.1) is 7.11 Å². The fraction of sp³-hybridized carbons (Fsp3) is 0.500. The van der Waals surface area contributed by atoms with Crippen molar-refractivity contribution in [1.29, 1.82) is 0 Å². The van der Waals surface area contributed by atoms with Gasteiger partial charge in [0.15, 0.2) is 5.54 Å². The number of ether oxygens (including phenoxy) is 2. The third-order valence-electron chi connectivity index (χ3n) is 3.01. The summed E-state index contributed by atoms with van der Waals surface area (Å²) in [6.45, 7) is 5.12. The van der Waals surface area contributed by atoms with Crippen molar-refractivity contribution in [2.45, 2.75) is 38.3 Å².